The second-order valence-corrected chi connectivity index (χ2v) is 5.21. The van der Waals surface area contributed by atoms with Crippen LogP contribution in [0, 0.1) is 10.1 Å². The number of halogens is 1. The van der Waals surface area contributed by atoms with Crippen molar-refractivity contribution in [2.75, 3.05) is 19.0 Å². The molecule has 1 N–H and O–H groups in total. The number of benzene rings is 2. The molecule has 0 spiro atoms. The molecule has 0 heterocycles. The number of methoxy groups -OCH3 is 1. The third-order valence-electron chi connectivity index (χ3n) is 3.05. The number of anilines is 1. The van der Waals surface area contributed by atoms with E-state index in [1.54, 1.807) is 18.2 Å². The van der Waals surface area contributed by atoms with Gasteiger partial charge in [0, 0.05) is 16.8 Å². The zero-order valence-electron chi connectivity index (χ0n) is 13.0. The molecule has 0 radical (unpaired) electrons. The van der Waals surface area contributed by atoms with Crippen LogP contribution in [-0.4, -0.2) is 30.5 Å². The molecule has 9 heteroatoms. The molecule has 1 amide bonds. The van der Waals surface area contributed by atoms with Gasteiger partial charge in [-0.25, -0.2) is 4.79 Å². The summed E-state index contributed by atoms with van der Waals surface area (Å²) in [5.74, 6) is -1.43. The molecule has 2 aromatic rings. The Morgan fingerprint density at radius 2 is 2.00 bits per heavy atom. The summed E-state index contributed by atoms with van der Waals surface area (Å²) >= 11 is 5.80. The molecule has 0 bridgehead atoms. The highest BCUT2D eigenvalue weighted by atomic mass is 35.5. The summed E-state index contributed by atoms with van der Waals surface area (Å²) in [7, 11) is 1.28. The molecule has 0 atom stereocenters. The largest absolute Gasteiger partial charge is 0.490 e. The first kappa shape index (κ1) is 18.2. The van der Waals surface area contributed by atoms with Crippen molar-refractivity contribution < 1.29 is 24.0 Å². The van der Waals surface area contributed by atoms with Crippen LogP contribution in [0.5, 0.6) is 5.75 Å². The standard InChI is InChI=1S/C16H13ClN2O6/c1-24-14-6-5-10(7-13(14)19(22)23)16(21)25-9-15(20)18-12-4-2-3-11(17)8-12/h2-8H,9H2,1H3,(H,18,20). The lowest BCUT2D eigenvalue weighted by Gasteiger charge is -2.07. The molecule has 25 heavy (non-hydrogen) atoms. The van der Waals surface area contributed by atoms with Gasteiger partial charge in [-0.3, -0.25) is 14.9 Å². The maximum absolute atomic E-state index is 11.9. The molecule has 8 nitrogen and oxygen atoms in total. The molecule has 0 aromatic heterocycles. The molecule has 0 aliphatic rings. The van der Waals surface area contributed by atoms with Crippen LogP contribution in [0.1, 0.15) is 10.4 Å². The number of rotatable bonds is 6. The maximum atomic E-state index is 11.9. The number of carbonyl (C=O) groups excluding carboxylic acids is 2. The minimum atomic E-state index is -0.869. The first-order valence-electron chi connectivity index (χ1n) is 6.95. The van der Waals surface area contributed by atoms with E-state index in [4.69, 9.17) is 21.1 Å². The van der Waals surface area contributed by atoms with E-state index < -0.39 is 23.4 Å². The van der Waals surface area contributed by atoms with Gasteiger partial charge in [-0.2, -0.15) is 0 Å². The Kier molecular flexibility index (Phi) is 5.91. The van der Waals surface area contributed by atoms with Gasteiger partial charge in [-0.1, -0.05) is 17.7 Å². The summed E-state index contributed by atoms with van der Waals surface area (Å²) in [6.45, 7) is -0.550. The SMILES string of the molecule is COc1ccc(C(=O)OCC(=O)Nc2cccc(Cl)c2)cc1[N+](=O)[O-]. The third kappa shape index (κ3) is 4.92. The number of nitro benzene ring substituents is 1. The molecule has 130 valence electrons. The molecule has 2 aromatic carbocycles. The van der Waals surface area contributed by atoms with Crippen molar-refractivity contribution in [2.45, 2.75) is 0 Å². The maximum Gasteiger partial charge on any atom is 0.338 e. The van der Waals surface area contributed by atoms with Gasteiger partial charge in [0.25, 0.3) is 5.91 Å². The number of nitro groups is 1. The zero-order valence-corrected chi connectivity index (χ0v) is 13.8. The highest BCUT2D eigenvalue weighted by Crippen LogP contribution is 2.27. The fourth-order valence-electron chi connectivity index (χ4n) is 1.94. The van der Waals surface area contributed by atoms with Gasteiger partial charge in [-0.05, 0) is 30.3 Å². The van der Waals surface area contributed by atoms with E-state index in [2.05, 4.69) is 5.32 Å². The predicted molar refractivity (Wildman–Crippen MR) is 90.0 cm³/mol. The van der Waals surface area contributed by atoms with Crippen molar-refractivity contribution in [3.05, 3.63) is 63.2 Å². The summed E-state index contributed by atoms with van der Waals surface area (Å²) in [6, 6.07) is 10.1. The fourth-order valence-corrected chi connectivity index (χ4v) is 2.13. The van der Waals surface area contributed by atoms with Crippen LogP contribution in [0.25, 0.3) is 0 Å². The van der Waals surface area contributed by atoms with Crippen LogP contribution in [0.3, 0.4) is 0 Å². The Hall–Kier alpha value is -3.13. The Balaban J connectivity index is 1.99. The van der Waals surface area contributed by atoms with Crippen LogP contribution < -0.4 is 10.1 Å². The van der Waals surface area contributed by atoms with Gasteiger partial charge in [0.05, 0.1) is 17.6 Å². The lowest BCUT2D eigenvalue weighted by molar-refractivity contribution is -0.385. The van der Waals surface area contributed by atoms with Crippen LogP contribution >= 0.6 is 11.6 Å². The molecule has 0 unspecified atom stereocenters. The van der Waals surface area contributed by atoms with Crippen LogP contribution in [0.4, 0.5) is 11.4 Å². The summed E-state index contributed by atoms with van der Waals surface area (Å²) in [5.41, 5.74) is 0.0111. The van der Waals surface area contributed by atoms with Gasteiger partial charge >= 0.3 is 11.7 Å². The van der Waals surface area contributed by atoms with Crippen molar-refractivity contribution in [3.63, 3.8) is 0 Å². The summed E-state index contributed by atoms with van der Waals surface area (Å²) in [4.78, 5) is 34.0. The number of esters is 1. The summed E-state index contributed by atoms with van der Waals surface area (Å²) in [5, 5.41) is 13.9. The van der Waals surface area contributed by atoms with E-state index in [0.29, 0.717) is 10.7 Å². The van der Waals surface area contributed by atoms with Crippen molar-refractivity contribution in [1.82, 2.24) is 0 Å². The van der Waals surface area contributed by atoms with Crippen molar-refractivity contribution in [1.29, 1.82) is 0 Å². The van der Waals surface area contributed by atoms with E-state index >= 15 is 0 Å². The van der Waals surface area contributed by atoms with Crippen LogP contribution in [0.2, 0.25) is 5.02 Å². The second kappa shape index (κ2) is 8.11. The van der Waals surface area contributed by atoms with Crippen LogP contribution in [-0.2, 0) is 9.53 Å². The fraction of sp³-hybridized carbons (Fsp3) is 0.125. The molecule has 2 rings (SSSR count). The lowest BCUT2D eigenvalue weighted by Crippen LogP contribution is -2.21. The van der Waals surface area contributed by atoms with Gasteiger partial charge < -0.3 is 14.8 Å². The first-order valence-corrected chi connectivity index (χ1v) is 7.33. The third-order valence-corrected chi connectivity index (χ3v) is 3.29. The molecule has 0 aliphatic carbocycles. The van der Waals surface area contributed by atoms with Crippen molar-refractivity contribution in [3.8, 4) is 5.75 Å². The summed E-state index contributed by atoms with van der Waals surface area (Å²) < 4.78 is 9.70. The monoisotopic (exact) mass is 364 g/mol. The number of hydrogen-bond donors (Lipinski definition) is 1. The van der Waals surface area contributed by atoms with Gasteiger partial charge in [-0.15, -0.1) is 0 Å². The van der Waals surface area contributed by atoms with Crippen LogP contribution in [0.15, 0.2) is 42.5 Å². The average Bonchev–Trinajstić information content (AvgIpc) is 2.59. The Labute approximate surface area is 147 Å². The Morgan fingerprint density at radius 1 is 1.24 bits per heavy atom. The predicted octanol–water partition coefficient (Wildman–Crippen LogP) is 3.05. The highest BCUT2D eigenvalue weighted by Gasteiger charge is 2.19. The van der Waals surface area contributed by atoms with Crippen molar-refractivity contribution in [2.24, 2.45) is 0 Å². The first-order chi connectivity index (χ1) is 11.9. The van der Waals surface area contributed by atoms with Crippen molar-refractivity contribution >= 4 is 34.9 Å². The quantitative estimate of drug-likeness (QED) is 0.479. The topological polar surface area (TPSA) is 108 Å². The Bertz CT molecular complexity index is 824. The molecule has 0 saturated carbocycles. The molecular weight excluding hydrogens is 352 g/mol. The van der Waals surface area contributed by atoms with E-state index in [1.165, 1.54) is 25.3 Å². The normalized spacial score (nSPS) is 10.0. The number of nitrogens with one attached hydrogen (secondary N) is 1. The average molecular weight is 365 g/mol. The minimum absolute atomic E-state index is 0.0141. The molecule has 0 fully saturated rings. The smallest absolute Gasteiger partial charge is 0.338 e. The highest BCUT2D eigenvalue weighted by molar-refractivity contribution is 6.30. The van der Waals surface area contributed by atoms with Gasteiger partial charge in [0.1, 0.15) is 0 Å². The van der Waals surface area contributed by atoms with Gasteiger partial charge in [0.2, 0.25) is 0 Å². The summed E-state index contributed by atoms with van der Waals surface area (Å²) in [6.07, 6.45) is 0. The van der Waals surface area contributed by atoms with Gasteiger partial charge in [0.15, 0.2) is 12.4 Å². The Morgan fingerprint density at radius 3 is 2.64 bits per heavy atom. The number of ether oxygens (including phenoxy) is 2. The number of hydrogen-bond acceptors (Lipinski definition) is 6. The van der Waals surface area contributed by atoms with E-state index in [1.807, 2.05) is 0 Å². The zero-order chi connectivity index (χ0) is 18.4. The molecule has 0 aliphatic heterocycles. The lowest BCUT2D eigenvalue weighted by atomic mass is 10.2. The number of nitrogens with zero attached hydrogens (tertiary/aromatic N) is 1. The molecular formula is C16H13ClN2O6. The number of carbonyl (C=O) groups is 2. The number of amides is 1. The van der Waals surface area contributed by atoms with E-state index in [-0.39, 0.29) is 17.0 Å². The van der Waals surface area contributed by atoms with E-state index in [9.17, 15) is 19.7 Å². The minimum Gasteiger partial charge on any atom is -0.490 e. The van der Waals surface area contributed by atoms with E-state index in [0.717, 1.165) is 6.07 Å². The second-order valence-electron chi connectivity index (χ2n) is 4.78. The molecule has 0 saturated heterocycles.